The molecule has 0 aliphatic rings. The van der Waals surface area contributed by atoms with Gasteiger partial charge in [-0.05, 0) is 19.9 Å². The lowest BCUT2D eigenvalue weighted by Gasteiger charge is -2.11. The van der Waals surface area contributed by atoms with E-state index in [1.807, 2.05) is 19.1 Å². The summed E-state index contributed by atoms with van der Waals surface area (Å²) in [6, 6.07) is 6.13. The molecule has 0 saturated heterocycles. The van der Waals surface area contributed by atoms with Gasteiger partial charge in [-0.3, -0.25) is 0 Å². The monoisotopic (exact) mass is 182 g/mol. The summed E-state index contributed by atoms with van der Waals surface area (Å²) in [5.74, 6) is 0.920. The highest BCUT2D eigenvalue weighted by molar-refractivity contribution is 7.80. The van der Waals surface area contributed by atoms with Crippen molar-refractivity contribution in [1.29, 1.82) is 0 Å². The van der Waals surface area contributed by atoms with E-state index in [2.05, 4.69) is 25.6 Å². The first-order valence-electron chi connectivity index (χ1n) is 3.97. The van der Waals surface area contributed by atoms with E-state index in [1.165, 1.54) is 5.56 Å². The molecule has 0 N–H and O–H groups in total. The summed E-state index contributed by atoms with van der Waals surface area (Å²) in [5.41, 5.74) is 2.40. The van der Waals surface area contributed by atoms with Gasteiger partial charge in [-0.1, -0.05) is 17.7 Å². The minimum Gasteiger partial charge on any atom is -0.496 e. The SMILES string of the molecule is COc1ccc(C)cc1C(C)S. The second-order valence-corrected chi connectivity index (χ2v) is 3.70. The molecular weight excluding hydrogens is 168 g/mol. The Labute approximate surface area is 79.2 Å². The molecule has 0 fully saturated rings. The van der Waals surface area contributed by atoms with Crippen molar-refractivity contribution in [3.05, 3.63) is 29.3 Å². The molecule has 1 rings (SSSR count). The van der Waals surface area contributed by atoms with E-state index in [1.54, 1.807) is 7.11 Å². The van der Waals surface area contributed by atoms with Crippen LogP contribution in [0.3, 0.4) is 0 Å². The van der Waals surface area contributed by atoms with Crippen molar-refractivity contribution in [2.45, 2.75) is 19.1 Å². The largest absolute Gasteiger partial charge is 0.496 e. The van der Waals surface area contributed by atoms with Crippen LogP contribution in [0.5, 0.6) is 5.75 Å². The van der Waals surface area contributed by atoms with Crippen molar-refractivity contribution in [2.75, 3.05) is 7.11 Å². The van der Waals surface area contributed by atoms with Crippen LogP contribution in [0, 0.1) is 6.92 Å². The first-order valence-corrected chi connectivity index (χ1v) is 4.49. The highest BCUT2D eigenvalue weighted by atomic mass is 32.1. The Hall–Kier alpha value is -0.630. The summed E-state index contributed by atoms with van der Waals surface area (Å²) >= 11 is 4.38. The van der Waals surface area contributed by atoms with Gasteiger partial charge >= 0.3 is 0 Å². The fourth-order valence-corrected chi connectivity index (χ4v) is 1.38. The van der Waals surface area contributed by atoms with Crippen LogP contribution in [-0.4, -0.2) is 7.11 Å². The molecule has 66 valence electrons. The van der Waals surface area contributed by atoms with Gasteiger partial charge in [0.2, 0.25) is 0 Å². The molecule has 0 saturated carbocycles. The first-order chi connectivity index (χ1) is 5.65. The second kappa shape index (κ2) is 3.85. The summed E-state index contributed by atoms with van der Waals surface area (Å²) in [6.07, 6.45) is 0. The summed E-state index contributed by atoms with van der Waals surface area (Å²) in [6.45, 7) is 4.11. The lowest BCUT2D eigenvalue weighted by Crippen LogP contribution is -1.92. The standard InChI is InChI=1S/C10H14OS/c1-7-4-5-10(11-3)9(6-7)8(2)12/h4-6,8,12H,1-3H3. The zero-order valence-corrected chi connectivity index (χ0v) is 8.56. The summed E-state index contributed by atoms with van der Waals surface area (Å²) < 4.78 is 5.21. The van der Waals surface area contributed by atoms with Gasteiger partial charge < -0.3 is 4.74 Å². The third-order valence-corrected chi connectivity index (χ3v) is 2.11. The second-order valence-electron chi connectivity index (χ2n) is 2.92. The minimum atomic E-state index is 0.222. The predicted molar refractivity (Wildman–Crippen MR) is 55.1 cm³/mol. The summed E-state index contributed by atoms with van der Waals surface area (Å²) in [7, 11) is 1.68. The number of hydrogen-bond donors (Lipinski definition) is 1. The number of ether oxygens (including phenoxy) is 1. The molecular formula is C10H14OS. The third kappa shape index (κ3) is 1.95. The fourth-order valence-electron chi connectivity index (χ4n) is 1.18. The molecule has 0 aliphatic carbocycles. The molecule has 0 radical (unpaired) electrons. The van der Waals surface area contributed by atoms with Crippen LogP contribution in [0.2, 0.25) is 0 Å². The maximum atomic E-state index is 5.21. The number of hydrogen-bond acceptors (Lipinski definition) is 2. The third-order valence-electron chi connectivity index (χ3n) is 1.84. The highest BCUT2D eigenvalue weighted by Crippen LogP contribution is 2.29. The van der Waals surface area contributed by atoms with Gasteiger partial charge in [-0.2, -0.15) is 12.6 Å². The van der Waals surface area contributed by atoms with Crippen molar-refractivity contribution in [3.63, 3.8) is 0 Å². The molecule has 1 unspecified atom stereocenters. The van der Waals surface area contributed by atoms with Gasteiger partial charge in [0, 0.05) is 10.8 Å². The number of aryl methyl sites for hydroxylation is 1. The molecule has 0 aromatic heterocycles. The van der Waals surface area contributed by atoms with Crippen LogP contribution in [-0.2, 0) is 0 Å². The van der Waals surface area contributed by atoms with Crippen molar-refractivity contribution < 1.29 is 4.74 Å². The molecule has 2 heteroatoms. The number of rotatable bonds is 2. The Kier molecular flexibility index (Phi) is 3.04. The zero-order chi connectivity index (χ0) is 9.14. The maximum absolute atomic E-state index is 5.21. The zero-order valence-electron chi connectivity index (χ0n) is 7.66. The Morgan fingerprint density at radius 3 is 2.58 bits per heavy atom. The van der Waals surface area contributed by atoms with Gasteiger partial charge in [0.25, 0.3) is 0 Å². The quantitative estimate of drug-likeness (QED) is 0.692. The fraction of sp³-hybridized carbons (Fsp3) is 0.400. The first kappa shape index (κ1) is 9.46. The van der Waals surface area contributed by atoms with Gasteiger partial charge in [0.05, 0.1) is 7.11 Å². The minimum absolute atomic E-state index is 0.222. The Bertz CT molecular complexity index is 269. The summed E-state index contributed by atoms with van der Waals surface area (Å²) in [5, 5.41) is 0.222. The molecule has 0 heterocycles. The average molecular weight is 182 g/mol. The van der Waals surface area contributed by atoms with Crippen LogP contribution >= 0.6 is 12.6 Å². The van der Waals surface area contributed by atoms with Crippen LogP contribution in [0.4, 0.5) is 0 Å². The van der Waals surface area contributed by atoms with Crippen molar-refractivity contribution >= 4 is 12.6 Å². The number of methoxy groups -OCH3 is 1. The number of benzene rings is 1. The van der Waals surface area contributed by atoms with Gasteiger partial charge in [-0.15, -0.1) is 0 Å². The molecule has 1 aromatic rings. The van der Waals surface area contributed by atoms with Crippen LogP contribution in [0.1, 0.15) is 23.3 Å². The highest BCUT2D eigenvalue weighted by Gasteiger charge is 2.06. The number of thiol groups is 1. The summed E-state index contributed by atoms with van der Waals surface area (Å²) in [4.78, 5) is 0. The molecule has 12 heavy (non-hydrogen) atoms. The van der Waals surface area contributed by atoms with Crippen molar-refractivity contribution in [2.24, 2.45) is 0 Å². The van der Waals surface area contributed by atoms with E-state index >= 15 is 0 Å². The van der Waals surface area contributed by atoms with Gasteiger partial charge in [0.15, 0.2) is 0 Å². The Morgan fingerprint density at radius 1 is 1.42 bits per heavy atom. The Morgan fingerprint density at radius 2 is 2.08 bits per heavy atom. The van der Waals surface area contributed by atoms with Crippen molar-refractivity contribution in [3.8, 4) is 5.75 Å². The van der Waals surface area contributed by atoms with Crippen molar-refractivity contribution in [1.82, 2.24) is 0 Å². The molecule has 0 aliphatic heterocycles. The molecule has 0 bridgehead atoms. The van der Waals surface area contributed by atoms with E-state index in [-0.39, 0.29) is 5.25 Å². The van der Waals surface area contributed by atoms with Crippen LogP contribution in [0.15, 0.2) is 18.2 Å². The van der Waals surface area contributed by atoms with Crippen LogP contribution < -0.4 is 4.74 Å². The lowest BCUT2D eigenvalue weighted by atomic mass is 10.1. The lowest BCUT2D eigenvalue weighted by molar-refractivity contribution is 0.410. The molecule has 1 atom stereocenters. The average Bonchev–Trinajstić information content (AvgIpc) is 2.04. The van der Waals surface area contributed by atoms with E-state index in [4.69, 9.17) is 4.74 Å². The molecule has 0 amide bonds. The van der Waals surface area contributed by atoms with Gasteiger partial charge in [-0.25, -0.2) is 0 Å². The van der Waals surface area contributed by atoms with Gasteiger partial charge in [0.1, 0.15) is 5.75 Å². The molecule has 0 spiro atoms. The van der Waals surface area contributed by atoms with E-state index in [0.29, 0.717) is 0 Å². The normalized spacial score (nSPS) is 12.7. The van der Waals surface area contributed by atoms with E-state index in [9.17, 15) is 0 Å². The molecule has 1 aromatic carbocycles. The van der Waals surface area contributed by atoms with E-state index in [0.717, 1.165) is 11.3 Å². The smallest absolute Gasteiger partial charge is 0.123 e. The maximum Gasteiger partial charge on any atom is 0.123 e. The Balaban J connectivity index is 3.12. The van der Waals surface area contributed by atoms with E-state index < -0.39 is 0 Å². The van der Waals surface area contributed by atoms with Crippen LogP contribution in [0.25, 0.3) is 0 Å². The molecule has 1 nitrogen and oxygen atoms in total. The predicted octanol–water partition coefficient (Wildman–Crippen LogP) is 2.99. The topological polar surface area (TPSA) is 9.23 Å².